The van der Waals surface area contributed by atoms with Crippen molar-refractivity contribution in [3.8, 4) is 5.75 Å². The number of hydrogen-bond donors (Lipinski definition) is 1. The summed E-state index contributed by atoms with van der Waals surface area (Å²) in [6.45, 7) is 4.03. The summed E-state index contributed by atoms with van der Waals surface area (Å²) in [6.07, 6.45) is 1.27. The molecule has 106 valence electrons. The Morgan fingerprint density at radius 3 is 2.63 bits per heavy atom. The quantitative estimate of drug-likeness (QED) is 0.862. The molecule has 0 aliphatic carbocycles. The van der Waals surface area contributed by atoms with E-state index in [9.17, 15) is 18.8 Å². The second kappa shape index (κ2) is 7.07. The third kappa shape index (κ3) is 4.50. The van der Waals surface area contributed by atoms with Crippen LogP contribution >= 0.6 is 0 Å². The largest absolute Gasteiger partial charge is 0.505 e. The average Bonchev–Trinajstić information content (AvgIpc) is 2.38. The van der Waals surface area contributed by atoms with Crippen molar-refractivity contribution in [2.45, 2.75) is 39.5 Å². The van der Waals surface area contributed by atoms with Gasteiger partial charge in [-0.1, -0.05) is 19.9 Å². The zero-order chi connectivity index (χ0) is 14.4. The molecule has 5 heteroatoms. The minimum atomic E-state index is -0.983. The standard InChI is InChI=1S/C14H18F2O3/c1-9(2)3-6-11-10(5-8-13(18)19-16)4-7-12(17)14(11)15/h4,7,9,17H,3,5-6,8H2,1-2H3. The Morgan fingerprint density at radius 2 is 2.05 bits per heavy atom. The van der Waals surface area contributed by atoms with Crippen molar-refractivity contribution in [3.63, 3.8) is 0 Å². The molecule has 1 aromatic rings. The molecule has 1 rings (SSSR count). The van der Waals surface area contributed by atoms with E-state index in [1.54, 1.807) is 6.07 Å². The van der Waals surface area contributed by atoms with E-state index in [1.165, 1.54) is 6.07 Å². The second-order valence-electron chi connectivity index (χ2n) is 4.92. The number of phenols is 1. The maximum Gasteiger partial charge on any atom is 0.349 e. The molecule has 19 heavy (non-hydrogen) atoms. The Balaban J connectivity index is 2.89. The maximum atomic E-state index is 13.9. The van der Waals surface area contributed by atoms with Crippen LogP contribution < -0.4 is 0 Å². The van der Waals surface area contributed by atoms with Crippen LogP contribution in [0.3, 0.4) is 0 Å². The first-order chi connectivity index (χ1) is 8.95. The molecule has 0 saturated carbocycles. The molecule has 0 amide bonds. The van der Waals surface area contributed by atoms with E-state index < -0.39 is 17.5 Å². The van der Waals surface area contributed by atoms with Gasteiger partial charge < -0.3 is 5.11 Å². The Hall–Kier alpha value is -1.65. The van der Waals surface area contributed by atoms with Crippen LogP contribution in [0.2, 0.25) is 0 Å². The van der Waals surface area contributed by atoms with Crippen LogP contribution in [0.25, 0.3) is 0 Å². The lowest BCUT2D eigenvalue weighted by molar-refractivity contribution is -0.183. The molecule has 0 aliphatic rings. The molecule has 0 fully saturated rings. The van der Waals surface area contributed by atoms with Gasteiger partial charge in [0.15, 0.2) is 11.6 Å². The number of carbonyl (C=O) groups is 1. The van der Waals surface area contributed by atoms with Gasteiger partial charge in [0, 0.05) is 4.53 Å². The van der Waals surface area contributed by atoms with E-state index in [1.807, 2.05) is 13.8 Å². The van der Waals surface area contributed by atoms with Crippen LogP contribution in [-0.4, -0.2) is 11.1 Å². The zero-order valence-corrected chi connectivity index (χ0v) is 11.1. The number of rotatable bonds is 6. The average molecular weight is 272 g/mol. The molecule has 0 unspecified atom stereocenters. The number of phenolic OH excluding ortho intramolecular Hbond substituents is 1. The maximum absolute atomic E-state index is 13.9. The van der Waals surface area contributed by atoms with Crippen molar-refractivity contribution in [1.29, 1.82) is 0 Å². The van der Waals surface area contributed by atoms with Crippen LogP contribution in [0.15, 0.2) is 12.1 Å². The van der Waals surface area contributed by atoms with Crippen molar-refractivity contribution in [1.82, 2.24) is 0 Å². The van der Waals surface area contributed by atoms with Gasteiger partial charge in [-0.2, -0.15) is 0 Å². The smallest absolute Gasteiger partial charge is 0.349 e. The highest BCUT2D eigenvalue weighted by molar-refractivity contribution is 5.69. The predicted octanol–water partition coefficient (Wildman–Crippen LogP) is 3.48. The molecule has 1 N–H and O–H groups in total. The summed E-state index contributed by atoms with van der Waals surface area (Å²) in [7, 11) is 0. The van der Waals surface area contributed by atoms with Gasteiger partial charge in [-0.3, -0.25) is 4.94 Å². The number of aryl methyl sites for hydroxylation is 1. The van der Waals surface area contributed by atoms with Crippen molar-refractivity contribution < 1.29 is 23.8 Å². The van der Waals surface area contributed by atoms with Crippen LogP contribution in [0.5, 0.6) is 5.75 Å². The molecule has 0 radical (unpaired) electrons. The molecule has 0 atom stereocenters. The van der Waals surface area contributed by atoms with Crippen LogP contribution in [0.1, 0.15) is 37.8 Å². The lowest BCUT2D eigenvalue weighted by Crippen LogP contribution is -2.05. The van der Waals surface area contributed by atoms with Gasteiger partial charge in [-0.25, -0.2) is 9.18 Å². The lowest BCUT2D eigenvalue weighted by atomic mass is 9.95. The first-order valence-electron chi connectivity index (χ1n) is 6.26. The van der Waals surface area contributed by atoms with Crippen molar-refractivity contribution in [2.75, 3.05) is 0 Å². The SMILES string of the molecule is CC(C)CCc1c(CCC(=O)OF)ccc(O)c1F. The van der Waals surface area contributed by atoms with E-state index in [2.05, 4.69) is 4.94 Å². The highest BCUT2D eigenvalue weighted by atomic mass is 19.3. The number of hydrogen-bond acceptors (Lipinski definition) is 3. The Labute approximate surface area is 111 Å². The summed E-state index contributed by atoms with van der Waals surface area (Å²) in [5, 5.41) is 9.39. The van der Waals surface area contributed by atoms with Gasteiger partial charge in [-0.05, 0) is 42.4 Å². The van der Waals surface area contributed by atoms with E-state index in [0.717, 1.165) is 6.42 Å². The Morgan fingerprint density at radius 1 is 1.37 bits per heavy atom. The Bertz CT molecular complexity index is 445. The third-order valence-electron chi connectivity index (χ3n) is 2.98. The molecular formula is C14H18F2O3. The normalized spacial score (nSPS) is 10.8. The minimum absolute atomic E-state index is 0.157. The van der Waals surface area contributed by atoms with Crippen LogP contribution in [0, 0.1) is 11.7 Å². The first kappa shape index (κ1) is 15.4. The number of carbonyl (C=O) groups excluding carboxylic acids is 1. The molecule has 3 nitrogen and oxygen atoms in total. The molecule has 0 bridgehead atoms. The Kier molecular flexibility index (Phi) is 5.73. The molecule has 1 aromatic carbocycles. The van der Waals surface area contributed by atoms with Crippen molar-refractivity contribution >= 4 is 5.97 Å². The van der Waals surface area contributed by atoms with Gasteiger partial charge in [0.1, 0.15) is 0 Å². The van der Waals surface area contributed by atoms with Gasteiger partial charge in [0.25, 0.3) is 0 Å². The van der Waals surface area contributed by atoms with Crippen molar-refractivity contribution in [2.24, 2.45) is 5.92 Å². The fourth-order valence-electron chi connectivity index (χ4n) is 1.86. The summed E-state index contributed by atoms with van der Waals surface area (Å²) in [5.41, 5.74) is 0.988. The summed E-state index contributed by atoms with van der Waals surface area (Å²) >= 11 is 0. The number of halogens is 2. The fraction of sp³-hybridized carbons (Fsp3) is 0.500. The van der Waals surface area contributed by atoms with E-state index >= 15 is 0 Å². The van der Waals surface area contributed by atoms with Gasteiger partial charge in [-0.15, -0.1) is 0 Å². The molecule has 0 aliphatic heterocycles. The highest BCUT2D eigenvalue weighted by Gasteiger charge is 2.15. The van der Waals surface area contributed by atoms with Gasteiger partial charge >= 0.3 is 5.97 Å². The van der Waals surface area contributed by atoms with Crippen LogP contribution in [-0.2, 0) is 22.6 Å². The topological polar surface area (TPSA) is 46.5 Å². The molecule has 0 spiro atoms. The summed E-state index contributed by atoms with van der Waals surface area (Å²) in [4.78, 5) is 13.9. The number of benzene rings is 1. The molecule has 0 saturated heterocycles. The summed E-state index contributed by atoms with van der Waals surface area (Å²) in [5.74, 6) is -1.66. The monoisotopic (exact) mass is 272 g/mol. The minimum Gasteiger partial charge on any atom is -0.505 e. The zero-order valence-electron chi connectivity index (χ0n) is 11.1. The predicted molar refractivity (Wildman–Crippen MR) is 66.7 cm³/mol. The van der Waals surface area contributed by atoms with E-state index in [-0.39, 0.29) is 12.8 Å². The lowest BCUT2D eigenvalue weighted by Gasteiger charge is -2.12. The van der Waals surface area contributed by atoms with E-state index in [4.69, 9.17) is 0 Å². The third-order valence-corrected chi connectivity index (χ3v) is 2.98. The molecular weight excluding hydrogens is 254 g/mol. The summed E-state index contributed by atoms with van der Waals surface area (Å²) < 4.78 is 25.5. The summed E-state index contributed by atoms with van der Waals surface area (Å²) in [6, 6.07) is 2.80. The fourth-order valence-corrected chi connectivity index (χ4v) is 1.86. The molecule has 0 heterocycles. The number of aromatic hydroxyl groups is 1. The van der Waals surface area contributed by atoms with Gasteiger partial charge in [0.05, 0.1) is 6.42 Å². The first-order valence-corrected chi connectivity index (χ1v) is 6.26. The molecule has 0 aromatic heterocycles. The van der Waals surface area contributed by atoms with Crippen LogP contribution in [0.4, 0.5) is 8.92 Å². The van der Waals surface area contributed by atoms with Gasteiger partial charge in [0.2, 0.25) is 0 Å². The second-order valence-corrected chi connectivity index (χ2v) is 4.92. The van der Waals surface area contributed by atoms with E-state index in [0.29, 0.717) is 23.5 Å². The van der Waals surface area contributed by atoms with Crippen molar-refractivity contribution in [3.05, 3.63) is 29.1 Å². The highest BCUT2D eigenvalue weighted by Crippen LogP contribution is 2.26.